The molecule has 0 bridgehead atoms. The predicted molar refractivity (Wildman–Crippen MR) is 76.0 cm³/mol. The zero-order valence-corrected chi connectivity index (χ0v) is 11.6. The van der Waals surface area contributed by atoms with E-state index in [1.807, 2.05) is 18.2 Å². The number of hydrazine groups is 1. The first kappa shape index (κ1) is 14.3. The van der Waals surface area contributed by atoms with E-state index in [9.17, 15) is 0 Å². The number of ether oxygens (including phenoxy) is 2. The lowest BCUT2D eigenvalue weighted by atomic mass is 9.99. The molecule has 3 N–H and O–H groups in total. The van der Waals surface area contributed by atoms with Gasteiger partial charge in [-0.2, -0.15) is 0 Å². The summed E-state index contributed by atoms with van der Waals surface area (Å²) in [7, 11) is 1.70. The zero-order chi connectivity index (χ0) is 13.5. The number of nitrogens with two attached hydrogens (primary N) is 1. The average Bonchev–Trinajstić information content (AvgIpc) is 2.97. The molecule has 0 aromatic heterocycles. The number of hydrogen-bond donors (Lipinski definition) is 2. The second kappa shape index (κ2) is 7.48. The van der Waals surface area contributed by atoms with Crippen LogP contribution in [0.1, 0.15) is 31.2 Å². The Bertz CT molecular complexity index is 378. The number of nitrogens with one attached hydrogen (secondary N) is 1. The van der Waals surface area contributed by atoms with Crippen LogP contribution in [0.5, 0.6) is 5.75 Å². The van der Waals surface area contributed by atoms with Gasteiger partial charge in [0.25, 0.3) is 0 Å². The van der Waals surface area contributed by atoms with Crippen LogP contribution in [0, 0.1) is 0 Å². The van der Waals surface area contributed by atoms with Gasteiger partial charge in [-0.3, -0.25) is 11.3 Å². The monoisotopic (exact) mass is 264 g/mol. The van der Waals surface area contributed by atoms with E-state index < -0.39 is 0 Å². The van der Waals surface area contributed by atoms with Gasteiger partial charge in [0.2, 0.25) is 0 Å². The van der Waals surface area contributed by atoms with Crippen LogP contribution in [0.15, 0.2) is 24.3 Å². The van der Waals surface area contributed by atoms with Crippen molar-refractivity contribution >= 4 is 0 Å². The molecule has 1 aliphatic rings. The van der Waals surface area contributed by atoms with E-state index in [1.165, 1.54) is 18.4 Å². The van der Waals surface area contributed by atoms with Gasteiger partial charge in [-0.1, -0.05) is 18.2 Å². The number of rotatable bonds is 7. The van der Waals surface area contributed by atoms with Crippen LogP contribution in [0.25, 0.3) is 0 Å². The van der Waals surface area contributed by atoms with Gasteiger partial charge in [0.05, 0.1) is 13.2 Å². The van der Waals surface area contributed by atoms with Crippen LogP contribution < -0.4 is 16.0 Å². The number of para-hydroxylation sites is 1. The van der Waals surface area contributed by atoms with Gasteiger partial charge in [-0.25, -0.2) is 0 Å². The normalized spacial score (nSPS) is 20.4. The Labute approximate surface area is 115 Å². The van der Waals surface area contributed by atoms with E-state index in [-0.39, 0.29) is 6.04 Å². The van der Waals surface area contributed by atoms with Gasteiger partial charge in [-0.15, -0.1) is 0 Å². The second-order valence-electron chi connectivity index (χ2n) is 5.09. The van der Waals surface area contributed by atoms with Crippen LogP contribution in [0.2, 0.25) is 0 Å². The molecule has 1 saturated heterocycles. The predicted octanol–water partition coefficient (Wildman–Crippen LogP) is 2.03. The van der Waals surface area contributed by atoms with E-state index in [0.717, 1.165) is 31.6 Å². The molecule has 106 valence electrons. The van der Waals surface area contributed by atoms with Crippen molar-refractivity contribution in [3.05, 3.63) is 29.8 Å². The molecule has 4 nitrogen and oxygen atoms in total. The van der Waals surface area contributed by atoms with E-state index in [2.05, 4.69) is 11.5 Å². The van der Waals surface area contributed by atoms with Crippen molar-refractivity contribution in [2.75, 3.05) is 13.7 Å². The maximum atomic E-state index is 5.67. The summed E-state index contributed by atoms with van der Waals surface area (Å²) in [5.41, 5.74) is 4.11. The highest BCUT2D eigenvalue weighted by molar-refractivity contribution is 5.33. The van der Waals surface area contributed by atoms with Crippen LogP contribution in [-0.4, -0.2) is 25.9 Å². The Morgan fingerprint density at radius 2 is 2.32 bits per heavy atom. The second-order valence-corrected chi connectivity index (χ2v) is 5.09. The first-order valence-electron chi connectivity index (χ1n) is 7.03. The van der Waals surface area contributed by atoms with Gasteiger partial charge in [-0.05, 0) is 43.7 Å². The van der Waals surface area contributed by atoms with Crippen LogP contribution in [-0.2, 0) is 11.2 Å². The quantitative estimate of drug-likeness (QED) is 0.584. The molecule has 0 saturated carbocycles. The van der Waals surface area contributed by atoms with E-state index in [1.54, 1.807) is 7.11 Å². The standard InChI is InChI=1S/C15H24N2O2/c1-18-15-7-3-2-5-12(15)11-13(17-16)8-9-14-6-4-10-19-14/h2-3,5,7,13-14,17H,4,6,8-11,16H2,1H3. The van der Waals surface area contributed by atoms with Crippen LogP contribution in [0.4, 0.5) is 0 Å². The number of hydrogen-bond acceptors (Lipinski definition) is 4. The average molecular weight is 264 g/mol. The van der Waals surface area contributed by atoms with E-state index >= 15 is 0 Å². The summed E-state index contributed by atoms with van der Waals surface area (Å²) in [5, 5.41) is 0. The Morgan fingerprint density at radius 3 is 3.00 bits per heavy atom. The lowest BCUT2D eigenvalue weighted by Gasteiger charge is -2.19. The molecule has 2 rings (SSSR count). The molecule has 1 heterocycles. The maximum Gasteiger partial charge on any atom is 0.122 e. The summed E-state index contributed by atoms with van der Waals surface area (Å²) >= 11 is 0. The summed E-state index contributed by atoms with van der Waals surface area (Å²) in [4.78, 5) is 0. The van der Waals surface area contributed by atoms with Crippen molar-refractivity contribution in [2.45, 2.75) is 44.2 Å². The van der Waals surface area contributed by atoms with Gasteiger partial charge in [0, 0.05) is 12.6 Å². The van der Waals surface area contributed by atoms with Gasteiger partial charge < -0.3 is 9.47 Å². The molecule has 0 radical (unpaired) electrons. The largest absolute Gasteiger partial charge is 0.496 e. The summed E-state index contributed by atoms with van der Waals surface area (Å²) < 4.78 is 11.0. The highest BCUT2D eigenvalue weighted by Crippen LogP contribution is 2.22. The Balaban J connectivity index is 1.86. The molecular weight excluding hydrogens is 240 g/mol. The van der Waals surface area contributed by atoms with Crippen LogP contribution in [0.3, 0.4) is 0 Å². The minimum absolute atomic E-state index is 0.264. The Morgan fingerprint density at radius 1 is 1.47 bits per heavy atom. The maximum absolute atomic E-state index is 5.67. The summed E-state index contributed by atoms with van der Waals surface area (Å²) in [5.74, 6) is 6.60. The van der Waals surface area contributed by atoms with Crippen molar-refractivity contribution < 1.29 is 9.47 Å². The van der Waals surface area contributed by atoms with Gasteiger partial charge >= 0.3 is 0 Å². The third kappa shape index (κ3) is 4.20. The highest BCUT2D eigenvalue weighted by atomic mass is 16.5. The summed E-state index contributed by atoms with van der Waals surface area (Å²) in [6.07, 6.45) is 5.79. The first-order valence-corrected chi connectivity index (χ1v) is 7.03. The number of methoxy groups -OCH3 is 1. The minimum Gasteiger partial charge on any atom is -0.496 e. The van der Waals surface area contributed by atoms with Crippen LogP contribution >= 0.6 is 0 Å². The highest BCUT2D eigenvalue weighted by Gasteiger charge is 2.18. The lowest BCUT2D eigenvalue weighted by Crippen LogP contribution is -2.37. The topological polar surface area (TPSA) is 56.5 Å². The lowest BCUT2D eigenvalue weighted by molar-refractivity contribution is 0.0995. The molecule has 1 aliphatic heterocycles. The molecule has 1 fully saturated rings. The molecule has 2 unspecified atom stereocenters. The minimum atomic E-state index is 0.264. The Hall–Kier alpha value is -1.10. The SMILES string of the molecule is COc1ccccc1CC(CCC1CCCO1)NN. The van der Waals surface area contributed by atoms with Crippen molar-refractivity contribution in [1.82, 2.24) is 5.43 Å². The van der Waals surface area contributed by atoms with E-state index in [4.69, 9.17) is 15.3 Å². The van der Waals surface area contributed by atoms with Crippen molar-refractivity contribution in [3.63, 3.8) is 0 Å². The van der Waals surface area contributed by atoms with Gasteiger partial charge in [0.1, 0.15) is 5.75 Å². The Kier molecular flexibility index (Phi) is 5.63. The fourth-order valence-electron chi connectivity index (χ4n) is 2.64. The fourth-order valence-corrected chi connectivity index (χ4v) is 2.64. The molecule has 1 aromatic rings. The zero-order valence-electron chi connectivity index (χ0n) is 11.6. The summed E-state index contributed by atoms with van der Waals surface area (Å²) in [6, 6.07) is 8.36. The fraction of sp³-hybridized carbons (Fsp3) is 0.600. The van der Waals surface area contributed by atoms with E-state index in [0.29, 0.717) is 6.10 Å². The molecule has 2 atom stereocenters. The molecule has 0 spiro atoms. The van der Waals surface area contributed by atoms with Crippen molar-refractivity contribution in [1.29, 1.82) is 0 Å². The smallest absolute Gasteiger partial charge is 0.122 e. The number of benzene rings is 1. The van der Waals surface area contributed by atoms with Crippen molar-refractivity contribution in [3.8, 4) is 5.75 Å². The third-order valence-corrected chi connectivity index (χ3v) is 3.76. The van der Waals surface area contributed by atoms with Gasteiger partial charge in [0.15, 0.2) is 0 Å². The molecule has 1 aromatic carbocycles. The molecule has 4 heteroatoms. The summed E-state index contributed by atoms with van der Waals surface area (Å²) in [6.45, 7) is 0.915. The molecular formula is C15H24N2O2. The van der Waals surface area contributed by atoms with Crippen molar-refractivity contribution in [2.24, 2.45) is 5.84 Å². The molecule has 0 aliphatic carbocycles. The third-order valence-electron chi connectivity index (χ3n) is 3.76. The molecule has 0 amide bonds. The molecule has 19 heavy (non-hydrogen) atoms. The first-order chi connectivity index (χ1) is 9.33.